The molecule has 1 aromatic rings. The van der Waals surface area contributed by atoms with E-state index in [4.69, 9.17) is 15.2 Å². The van der Waals surface area contributed by atoms with Crippen molar-refractivity contribution in [1.29, 1.82) is 0 Å². The highest BCUT2D eigenvalue weighted by molar-refractivity contribution is 7.99. The van der Waals surface area contributed by atoms with Gasteiger partial charge in [0.25, 0.3) is 0 Å². The van der Waals surface area contributed by atoms with Crippen molar-refractivity contribution < 1.29 is 9.47 Å². The molecule has 1 unspecified atom stereocenters. The molecule has 0 saturated carbocycles. The van der Waals surface area contributed by atoms with Crippen molar-refractivity contribution in [2.75, 3.05) is 25.2 Å². The maximum absolute atomic E-state index is 6.18. The maximum Gasteiger partial charge on any atom is 0.164 e. The van der Waals surface area contributed by atoms with Crippen molar-refractivity contribution in [2.45, 2.75) is 31.8 Å². The molecule has 3 nitrogen and oxygen atoms in total. The van der Waals surface area contributed by atoms with E-state index < -0.39 is 0 Å². The minimum Gasteiger partial charge on any atom is -0.493 e. The van der Waals surface area contributed by atoms with Gasteiger partial charge in [-0.05, 0) is 49.6 Å². The van der Waals surface area contributed by atoms with Crippen molar-refractivity contribution in [2.24, 2.45) is 5.73 Å². The Labute approximate surface area is 119 Å². The number of methoxy groups -OCH3 is 1. The Morgan fingerprint density at radius 3 is 2.95 bits per heavy atom. The van der Waals surface area contributed by atoms with Crippen LogP contribution in [0.5, 0.6) is 11.5 Å². The molecule has 0 aromatic heterocycles. The second kappa shape index (κ2) is 7.65. The fourth-order valence-corrected chi connectivity index (χ4v) is 3.38. The number of hydrogen-bond donors (Lipinski definition) is 1. The van der Waals surface area contributed by atoms with Gasteiger partial charge in [0.2, 0.25) is 0 Å². The third-order valence-electron chi connectivity index (χ3n) is 3.35. The van der Waals surface area contributed by atoms with Gasteiger partial charge in [0.05, 0.1) is 7.11 Å². The largest absolute Gasteiger partial charge is 0.493 e. The first-order valence-electron chi connectivity index (χ1n) is 6.95. The number of nitrogens with two attached hydrogens (primary N) is 1. The van der Waals surface area contributed by atoms with Crippen molar-refractivity contribution in [3.63, 3.8) is 0 Å². The van der Waals surface area contributed by atoms with Gasteiger partial charge in [-0.3, -0.25) is 0 Å². The highest BCUT2D eigenvalue weighted by Crippen LogP contribution is 2.35. The molecule has 106 valence electrons. The highest BCUT2D eigenvalue weighted by atomic mass is 32.2. The number of aryl methyl sites for hydroxylation is 1. The van der Waals surface area contributed by atoms with Crippen LogP contribution in [0.3, 0.4) is 0 Å². The van der Waals surface area contributed by atoms with E-state index in [1.165, 1.54) is 11.3 Å². The Bertz CT molecular complexity index is 392. The topological polar surface area (TPSA) is 44.5 Å². The summed E-state index contributed by atoms with van der Waals surface area (Å²) in [4.78, 5) is 0. The molecule has 0 spiro atoms. The minimum atomic E-state index is 0.328. The summed E-state index contributed by atoms with van der Waals surface area (Å²) in [6.07, 6.45) is 4.61. The van der Waals surface area contributed by atoms with Crippen LogP contribution in [0.4, 0.5) is 0 Å². The van der Waals surface area contributed by atoms with Gasteiger partial charge in [0, 0.05) is 5.75 Å². The van der Waals surface area contributed by atoms with Crippen LogP contribution >= 0.6 is 11.8 Å². The first-order valence-corrected chi connectivity index (χ1v) is 8.11. The van der Waals surface area contributed by atoms with Crippen LogP contribution in [0.2, 0.25) is 0 Å². The van der Waals surface area contributed by atoms with Crippen molar-refractivity contribution in [3.05, 3.63) is 23.8 Å². The zero-order valence-electron chi connectivity index (χ0n) is 11.6. The van der Waals surface area contributed by atoms with Gasteiger partial charge < -0.3 is 15.2 Å². The lowest BCUT2D eigenvalue weighted by Crippen LogP contribution is -2.16. The number of rotatable bonds is 7. The lowest BCUT2D eigenvalue weighted by molar-refractivity contribution is 0.216. The molecule has 2 rings (SSSR count). The summed E-state index contributed by atoms with van der Waals surface area (Å²) in [6, 6.07) is 6.15. The zero-order valence-corrected chi connectivity index (χ0v) is 12.4. The van der Waals surface area contributed by atoms with E-state index in [-0.39, 0.29) is 0 Å². The fraction of sp³-hybridized carbons (Fsp3) is 0.600. The quantitative estimate of drug-likeness (QED) is 0.781. The summed E-state index contributed by atoms with van der Waals surface area (Å²) < 4.78 is 11.6. The SMILES string of the molecule is COc1cccc(CCCCN)c1OC1CCSC1. The van der Waals surface area contributed by atoms with Crippen LogP contribution < -0.4 is 15.2 Å². The Balaban J connectivity index is 2.10. The zero-order chi connectivity index (χ0) is 13.5. The maximum atomic E-state index is 6.18. The molecule has 1 heterocycles. The van der Waals surface area contributed by atoms with Crippen molar-refractivity contribution >= 4 is 11.8 Å². The van der Waals surface area contributed by atoms with Gasteiger partial charge in [-0.25, -0.2) is 0 Å². The standard InChI is InChI=1S/C15H23NO2S/c1-17-14-7-4-6-12(5-2-3-9-16)15(14)18-13-8-10-19-11-13/h4,6-7,13H,2-3,5,8-11,16H2,1H3. The first-order chi connectivity index (χ1) is 9.35. The second-order valence-corrected chi connectivity index (χ2v) is 5.95. The van der Waals surface area contributed by atoms with Crippen LogP contribution in [-0.2, 0) is 6.42 Å². The smallest absolute Gasteiger partial charge is 0.164 e. The van der Waals surface area contributed by atoms with Crippen molar-refractivity contribution in [3.8, 4) is 11.5 Å². The fourth-order valence-electron chi connectivity index (χ4n) is 2.28. The number of thioether (sulfide) groups is 1. The summed E-state index contributed by atoms with van der Waals surface area (Å²) in [7, 11) is 1.70. The first kappa shape index (κ1) is 14.5. The molecule has 4 heteroatoms. The lowest BCUT2D eigenvalue weighted by Gasteiger charge is -2.18. The summed E-state index contributed by atoms with van der Waals surface area (Å²) in [5, 5.41) is 0. The molecule has 1 atom stereocenters. The molecule has 0 amide bonds. The molecule has 0 bridgehead atoms. The molecule has 19 heavy (non-hydrogen) atoms. The second-order valence-electron chi connectivity index (χ2n) is 4.80. The van der Waals surface area contributed by atoms with Gasteiger partial charge >= 0.3 is 0 Å². The van der Waals surface area contributed by atoms with E-state index in [2.05, 4.69) is 6.07 Å². The van der Waals surface area contributed by atoms with Crippen molar-refractivity contribution in [1.82, 2.24) is 0 Å². The summed E-state index contributed by atoms with van der Waals surface area (Å²) in [5.74, 6) is 4.07. The minimum absolute atomic E-state index is 0.328. The van der Waals surface area contributed by atoms with E-state index in [1.54, 1.807) is 7.11 Å². The summed E-state index contributed by atoms with van der Waals surface area (Å²) >= 11 is 1.96. The third kappa shape index (κ3) is 4.05. The van der Waals surface area contributed by atoms with Crippen LogP contribution in [0.15, 0.2) is 18.2 Å². The molecule has 1 aromatic carbocycles. The number of unbranched alkanes of at least 4 members (excludes halogenated alkanes) is 1. The number of hydrogen-bond acceptors (Lipinski definition) is 4. The molecule has 2 N–H and O–H groups in total. The summed E-state index contributed by atoms with van der Waals surface area (Å²) in [6.45, 7) is 0.749. The van der Waals surface area contributed by atoms with E-state index in [0.717, 1.165) is 49.5 Å². The molecular weight excluding hydrogens is 258 g/mol. The van der Waals surface area contributed by atoms with Gasteiger partial charge in [0.15, 0.2) is 11.5 Å². The lowest BCUT2D eigenvalue weighted by atomic mass is 10.1. The van der Waals surface area contributed by atoms with Gasteiger partial charge in [-0.15, -0.1) is 0 Å². The molecular formula is C15H23NO2S. The number of ether oxygens (including phenoxy) is 2. The Hall–Kier alpha value is -0.870. The number of para-hydroxylation sites is 1. The van der Waals surface area contributed by atoms with Gasteiger partial charge in [-0.1, -0.05) is 12.1 Å². The number of benzene rings is 1. The summed E-state index contributed by atoms with van der Waals surface area (Å²) in [5.41, 5.74) is 6.80. The molecule has 0 radical (unpaired) electrons. The van der Waals surface area contributed by atoms with Crippen LogP contribution in [0.25, 0.3) is 0 Å². The Morgan fingerprint density at radius 2 is 2.26 bits per heavy atom. The van der Waals surface area contributed by atoms with Crippen LogP contribution in [-0.4, -0.2) is 31.3 Å². The van der Waals surface area contributed by atoms with Gasteiger partial charge in [0.1, 0.15) is 6.10 Å². The van der Waals surface area contributed by atoms with E-state index in [1.807, 2.05) is 23.9 Å². The molecule has 1 aliphatic heterocycles. The predicted octanol–water partition coefficient (Wildman–Crippen LogP) is 2.86. The van der Waals surface area contributed by atoms with E-state index >= 15 is 0 Å². The van der Waals surface area contributed by atoms with Crippen LogP contribution in [0.1, 0.15) is 24.8 Å². The predicted molar refractivity (Wildman–Crippen MR) is 81.3 cm³/mol. The molecule has 0 aliphatic carbocycles. The monoisotopic (exact) mass is 281 g/mol. The third-order valence-corrected chi connectivity index (χ3v) is 4.48. The highest BCUT2D eigenvalue weighted by Gasteiger charge is 2.20. The van der Waals surface area contributed by atoms with E-state index in [9.17, 15) is 0 Å². The molecule has 1 saturated heterocycles. The average Bonchev–Trinajstić information content (AvgIpc) is 2.93. The Morgan fingerprint density at radius 1 is 1.37 bits per heavy atom. The van der Waals surface area contributed by atoms with Crippen LogP contribution in [0, 0.1) is 0 Å². The van der Waals surface area contributed by atoms with Gasteiger partial charge in [-0.2, -0.15) is 11.8 Å². The Kier molecular flexibility index (Phi) is 5.86. The average molecular weight is 281 g/mol. The normalized spacial score (nSPS) is 18.5. The molecule has 1 fully saturated rings. The molecule has 1 aliphatic rings. The van der Waals surface area contributed by atoms with E-state index in [0.29, 0.717) is 6.10 Å².